The Kier molecular flexibility index (Phi) is 6.05. The predicted octanol–water partition coefficient (Wildman–Crippen LogP) is 3.61. The topological polar surface area (TPSA) is 85.7 Å². The number of nitrogens with one attached hydrogen (secondary N) is 1. The molecule has 0 fully saturated rings. The zero-order valence-electron chi connectivity index (χ0n) is 18.0. The maximum atomic E-state index is 13.3. The van der Waals surface area contributed by atoms with E-state index in [4.69, 9.17) is 21.1 Å². The number of aromatic nitrogens is 2. The van der Waals surface area contributed by atoms with Crippen LogP contribution in [0.5, 0.6) is 11.5 Å². The molecule has 1 atom stereocenters. The van der Waals surface area contributed by atoms with Crippen LogP contribution in [0.15, 0.2) is 48.7 Å². The number of ether oxygens (including phenoxy) is 2. The van der Waals surface area contributed by atoms with Gasteiger partial charge in [0.25, 0.3) is 11.8 Å². The van der Waals surface area contributed by atoms with E-state index in [-0.39, 0.29) is 17.9 Å². The molecular formula is C23H23ClN4O4. The SMILES string of the molecule is COc1ccc(C(=O)N2CCC(NC(=O)c3ccccc3Cl)c3nn(C)cc32)cc1OC. The molecular weight excluding hydrogens is 432 g/mol. The summed E-state index contributed by atoms with van der Waals surface area (Å²) >= 11 is 6.17. The van der Waals surface area contributed by atoms with E-state index in [2.05, 4.69) is 10.4 Å². The summed E-state index contributed by atoms with van der Waals surface area (Å²) in [6.07, 6.45) is 2.29. The molecule has 3 aromatic rings. The van der Waals surface area contributed by atoms with Gasteiger partial charge in [0, 0.05) is 25.4 Å². The number of nitrogens with zero attached hydrogens (tertiary/aromatic N) is 3. The van der Waals surface area contributed by atoms with E-state index in [1.807, 2.05) is 0 Å². The first-order chi connectivity index (χ1) is 15.4. The summed E-state index contributed by atoms with van der Waals surface area (Å²) in [7, 11) is 4.85. The molecule has 8 nitrogen and oxygen atoms in total. The number of methoxy groups -OCH3 is 2. The molecule has 0 saturated carbocycles. The van der Waals surface area contributed by atoms with Gasteiger partial charge in [-0.15, -0.1) is 0 Å². The number of hydrogen-bond acceptors (Lipinski definition) is 5. The van der Waals surface area contributed by atoms with E-state index in [0.717, 1.165) is 0 Å². The number of anilines is 1. The van der Waals surface area contributed by atoms with Crippen LogP contribution in [0, 0.1) is 0 Å². The molecule has 1 N–H and O–H groups in total. The molecule has 0 saturated heterocycles. The molecule has 0 radical (unpaired) electrons. The number of rotatable bonds is 5. The molecule has 32 heavy (non-hydrogen) atoms. The first-order valence-electron chi connectivity index (χ1n) is 10.1. The normalized spacial score (nSPS) is 15.1. The van der Waals surface area contributed by atoms with Gasteiger partial charge in [-0.25, -0.2) is 0 Å². The molecule has 1 unspecified atom stereocenters. The zero-order chi connectivity index (χ0) is 22.8. The molecule has 0 bridgehead atoms. The second-order valence-corrected chi connectivity index (χ2v) is 7.80. The van der Waals surface area contributed by atoms with Crippen molar-refractivity contribution in [2.45, 2.75) is 12.5 Å². The maximum absolute atomic E-state index is 13.3. The Morgan fingerprint density at radius 3 is 2.59 bits per heavy atom. The lowest BCUT2D eigenvalue weighted by Crippen LogP contribution is -2.41. The highest BCUT2D eigenvalue weighted by Crippen LogP contribution is 2.35. The molecule has 1 aliphatic rings. The Morgan fingerprint density at radius 2 is 1.88 bits per heavy atom. The van der Waals surface area contributed by atoms with Gasteiger partial charge in [0.1, 0.15) is 5.69 Å². The quantitative estimate of drug-likeness (QED) is 0.636. The number of hydrogen-bond donors (Lipinski definition) is 1. The molecule has 0 spiro atoms. The van der Waals surface area contributed by atoms with Crippen LogP contribution in [0.1, 0.15) is 38.9 Å². The van der Waals surface area contributed by atoms with Crippen LogP contribution in [-0.4, -0.2) is 42.4 Å². The second kappa shape index (κ2) is 8.92. The molecule has 2 aromatic carbocycles. The molecule has 166 valence electrons. The third kappa shape index (κ3) is 4.01. The first kappa shape index (κ1) is 21.7. The average molecular weight is 455 g/mol. The van der Waals surface area contributed by atoms with Gasteiger partial charge in [0.15, 0.2) is 11.5 Å². The third-order valence-corrected chi connectivity index (χ3v) is 5.73. The van der Waals surface area contributed by atoms with Crippen LogP contribution in [0.4, 0.5) is 5.69 Å². The molecule has 0 aliphatic carbocycles. The van der Waals surface area contributed by atoms with Gasteiger partial charge in [-0.3, -0.25) is 14.3 Å². The lowest BCUT2D eigenvalue weighted by atomic mass is 10.0. The zero-order valence-corrected chi connectivity index (χ0v) is 18.7. The van der Waals surface area contributed by atoms with Crippen molar-refractivity contribution in [1.29, 1.82) is 0 Å². The minimum atomic E-state index is -0.343. The van der Waals surface area contributed by atoms with Gasteiger partial charge in [-0.2, -0.15) is 5.10 Å². The van der Waals surface area contributed by atoms with Gasteiger partial charge >= 0.3 is 0 Å². The fourth-order valence-electron chi connectivity index (χ4n) is 3.82. The van der Waals surface area contributed by atoms with Crippen LogP contribution in [0.25, 0.3) is 0 Å². The highest BCUT2D eigenvalue weighted by atomic mass is 35.5. The van der Waals surface area contributed by atoms with Gasteiger partial charge in [-0.05, 0) is 36.8 Å². The summed E-state index contributed by atoms with van der Waals surface area (Å²) in [5.41, 5.74) is 2.16. The third-order valence-electron chi connectivity index (χ3n) is 5.40. The van der Waals surface area contributed by atoms with Gasteiger partial charge < -0.3 is 19.7 Å². The van der Waals surface area contributed by atoms with Crippen molar-refractivity contribution < 1.29 is 19.1 Å². The largest absolute Gasteiger partial charge is 0.493 e. The van der Waals surface area contributed by atoms with Crippen molar-refractivity contribution in [3.63, 3.8) is 0 Å². The molecule has 2 heterocycles. The highest BCUT2D eigenvalue weighted by molar-refractivity contribution is 6.33. The number of benzene rings is 2. The second-order valence-electron chi connectivity index (χ2n) is 7.39. The summed E-state index contributed by atoms with van der Waals surface area (Å²) < 4.78 is 12.2. The van der Waals surface area contributed by atoms with E-state index in [1.54, 1.807) is 72.4 Å². The number of carbonyl (C=O) groups excluding carboxylic acids is 2. The van der Waals surface area contributed by atoms with Crippen LogP contribution in [0.2, 0.25) is 5.02 Å². The lowest BCUT2D eigenvalue weighted by molar-refractivity contribution is 0.0932. The molecule has 9 heteroatoms. The van der Waals surface area contributed by atoms with E-state index >= 15 is 0 Å². The molecule has 1 aromatic heterocycles. The van der Waals surface area contributed by atoms with E-state index < -0.39 is 0 Å². The van der Waals surface area contributed by atoms with Crippen molar-refractivity contribution in [2.75, 3.05) is 25.7 Å². The summed E-state index contributed by atoms with van der Waals surface area (Å²) in [6.45, 7) is 0.416. The summed E-state index contributed by atoms with van der Waals surface area (Å²) in [4.78, 5) is 27.8. The lowest BCUT2D eigenvalue weighted by Gasteiger charge is -2.31. The smallest absolute Gasteiger partial charge is 0.258 e. The Bertz CT molecular complexity index is 1180. The maximum Gasteiger partial charge on any atom is 0.258 e. The van der Waals surface area contributed by atoms with Crippen molar-refractivity contribution in [3.05, 3.63) is 70.5 Å². The van der Waals surface area contributed by atoms with Crippen molar-refractivity contribution >= 4 is 29.1 Å². The predicted molar refractivity (Wildman–Crippen MR) is 121 cm³/mol. The number of carbonyl (C=O) groups is 2. The van der Waals surface area contributed by atoms with Crippen molar-refractivity contribution in [1.82, 2.24) is 15.1 Å². The Balaban J connectivity index is 1.60. The summed E-state index contributed by atoms with van der Waals surface area (Å²) in [5, 5.41) is 7.91. The van der Waals surface area contributed by atoms with Crippen molar-refractivity contribution in [3.8, 4) is 11.5 Å². The minimum absolute atomic E-state index is 0.184. The van der Waals surface area contributed by atoms with Crippen LogP contribution >= 0.6 is 11.6 Å². The highest BCUT2D eigenvalue weighted by Gasteiger charge is 2.33. The number of aryl methyl sites for hydroxylation is 1. The van der Waals surface area contributed by atoms with E-state index in [0.29, 0.717) is 52.0 Å². The fraction of sp³-hybridized carbons (Fsp3) is 0.261. The molecule has 4 rings (SSSR count). The van der Waals surface area contributed by atoms with E-state index in [9.17, 15) is 9.59 Å². The number of halogens is 1. The molecule has 1 aliphatic heterocycles. The minimum Gasteiger partial charge on any atom is -0.493 e. The monoisotopic (exact) mass is 454 g/mol. The van der Waals surface area contributed by atoms with Crippen LogP contribution in [0.3, 0.4) is 0 Å². The Hall–Kier alpha value is -3.52. The fourth-order valence-corrected chi connectivity index (χ4v) is 4.04. The Morgan fingerprint density at radius 1 is 1.12 bits per heavy atom. The number of fused-ring (bicyclic) bond motifs is 1. The average Bonchev–Trinajstić information content (AvgIpc) is 3.20. The standard InChI is InChI=1S/C23H23ClN4O4/c1-27-13-18-21(26-27)17(25-22(29)15-6-4-5-7-16(15)24)10-11-28(18)23(30)14-8-9-19(31-2)20(12-14)32-3/h4-9,12-13,17H,10-11H2,1-3H3,(H,25,29). The van der Waals surface area contributed by atoms with Gasteiger partial charge in [0.2, 0.25) is 0 Å². The summed E-state index contributed by atoms with van der Waals surface area (Å²) in [5.74, 6) is 0.562. The van der Waals surface area contributed by atoms with Crippen LogP contribution in [-0.2, 0) is 7.05 Å². The van der Waals surface area contributed by atoms with Gasteiger partial charge in [-0.1, -0.05) is 23.7 Å². The van der Waals surface area contributed by atoms with Crippen LogP contribution < -0.4 is 19.7 Å². The summed E-state index contributed by atoms with van der Waals surface area (Å²) in [6, 6.07) is 11.6. The van der Waals surface area contributed by atoms with Gasteiger partial charge in [0.05, 0.1) is 36.5 Å². The van der Waals surface area contributed by atoms with Crippen molar-refractivity contribution in [2.24, 2.45) is 7.05 Å². The first-order valence-corrected chi connectivity index (χ1v) is 10.4. The number of amides is 2. The molecule has 2 amide bonds. The van der Waals surface area contributed by atoms with E-state index in [1.165, 1.54) is 7.11 Å². The Labute approximate surface area is 190 Å².